The van der Waals surface area contributed by atoms with Gasteiger partial charge in [0.05, 0.1) is 10.6 Å². The van der Waals surface area contributed by atoms with E-state index in [1.807, 2.05) is 75.4 Å². The molecule has 0 aromatic heterocycles. The highest BCUT2D eigenvalue weighted by molar-refractivity contribution is 7.92. The van der Waals surface area contributed by atoms with Gasteiger partial charge in [-0.05, 0) is 66.8 Å². The quantitative estimate of drug-likeness (QED) is 0.178. The van der Waals surface area contributed by atoms with E-state index in [0.29, 0.717) is 22.8 Å². The van der Waals surface area contributed by atoms with Crippen molar-refractivity contribution in [1.82, 2.24) is 10.2 Å². The molecule has 236 valence electrons. The van der Waals surface area contributed by atoms with Crippen molar-refractivity contribution >= 4 is 39.1 Å². The summed E-state index contributed by atoms with van der Waals surface area (Å²) in [6.07, 6.45) is 0.258. The maximum atomic E-state index is 14.6. The lowest BCUT2D eigenvalue weighted by Gasteiger charge is -2.34. The first-order valence-electron chi connectivity index (χ1n) is 15.0. The van der Waals surface area contributed by atoms with Gasteiger partial charge >= 0.3 is 0 Å². The molecule has 4 rings (SSSR count). The Morgan fingerprint density at radius 1 is 0.822 bits per heavy atom. The van der Waals surface area contributed by atoms with E-state index in [4.69, 9.17) is 11.6 Å². The van der Waals surface area contributed by atoms with Crippen LogP contribution in [-0.4, -0.2) is 44.3 Å². The molecule has 0 aliphatic rings. The highest BCUT2D eigenvalue weighted by atomic mass is 35.5. The molecule has 2 amide bonds. The van der Waals surface area contributed by atoms with E-state index in [1.54, 1.807) is 43.3 Å². The molecule has 0 spiro atoms. The Bertz CT molecular complexity index is 1710. The fourth-order valence-electron chi connectivity index (χ4n) is 5.12. The summed E-state index contributed by atoms with van der Waals surface area (Å²) in [7, 11) is -4.18. The Labute approximate surface area is 271 Å². The largest absolute Gasteiger partial charge is 0.354 e. The van der Waals surface area contributed by atoms with Crippen molar-refractivity contribution in [1.29, 1.82) is 0 Å². The van der Waals surface area contributed by atoms with Gasteiger partial charge in [-0.2, -0.15) is 0 Å². The molecule has 45 heavy (non-hydrogen) atoms. The normalized spacial score (nSPS) is 12.0. The van der Waals surface area contributed by atoms with Gasteiger partial charge in [0.25, 0.3) is 10.0 Å². The van der Waals surface area contributed by atoms with Crippen molar-refractivity contribution in [2.75, 3.05) is 17.4 Å². The Balaban J connectivity index is 1.82. The van der Waals surface area contributed by atoms with Gasteiger partial charge in [-0.3, -0.25) is 13.9 Å². The summed E-state index contributed by atoms with van der Waals surface area (Å²) in [5.41, 5.74) is 3.64. The summed E-state index contributed by atoms with van der Waals surface area (Å²) in [6.45, 7) is 7.76. The highest BCUT2D eigenvalue weighted by Gasteiger charge is 2.35. The molecule has 0 saturated heterocycles. The predicted octanol–water partition coefficient (Wildman–Crippen LogP) is 6.56. The van der Waals surface area contributed by atoms with E-state index in [2.05, 4.69) is 5.32 Å². The number of anilines is 1. The van der Waals surface area contributed by atoms with Crippen LogP contribution in [-0.2, 0) is 32.6 Å². The molecule has 4 aromatic rings. The standard InChI is InChI=1S/C36H40ClN3O4S/c1-26(2)23-38-36(42)34(22-29-13-7-5-8-14-29)39(24-30-15-11-12-27(3)20-30)35(41)25-40(33-19-18-31(37)21-28(33)4)45(43,44)32-16-9-6-10-17-32/h5-21,26,34H,22-25H2,1-4H3,(H,38,42). The van der Waals surface area contributed by atoms with Crippen molar-refractivity contribution in [2.24, 2.45) is 5.92 Å². The number of amides is 2. The van der Waals surface area contributed by atoms with Crippen LogP contribution in [0.2, 0.25) is 5.02 Å². The van der Waals surface area contributed by atoms with E-state index in [9.17, 15) is 18.0 Å². The molecule has 7 nitrogen and oxygen atoms in total. The number of nitrogens with one attached hydrogen (secondary N) is 1. The molecule has 0 aliphatic carbocycles. The van der Waals surface area contributed by atoms with Gasteiger partial charge < -0.3 is 10.2 Å². The Kier molecular flexibility index (Phi) is 11.4. The monoisotopic (exact) mass is 645 g/mol. The second kappa shape index (κ2) is 15.2. The van der Waals surface area contributed by atoms with Crippen molar-refractivity contribution in [3.05, 3.63) is 130 Å². The van der Waals surface area contributed by atoms with Crippen LogP contribution >= 0.6 is 11.6 Å². The molecule has 9 heteroatoms. The molecule has 0 heterocycles. The number of carbonyl (C=O) groups is 2. The number of aryl methyl sites for hydroxylation is 2. The fourth-order valence-corrected chi connectivity index (χ4v) is 6.84. The first-order valence-corrected chi connectivity index (χ1v) is 16.8. The molecule has 1 unspecified atom stereocenters. The lowest BCUT2D eigenvalue weighted by molar-refractivity contribution is -0.140. The number of hydrogen-bond donors (Lipinski definition) is 1. The number of benzene rings is 4. The van der Waals surface area contributed by atoms with E-state index in [1.165, 1.54) is 17.0 Å². The Hall–Kier alpha value is -4.14. The highest BCUT2D eigenvalue weighted by Crippen LogP contribution is 2.29. The van der Waals surface area contributed by atoms with Crippen molar-refractivity contribution < 1.29 is 18.0 Å². The van der Waals surface area contributed by atoms with Crippen LogP contribution in [0, 0.1) is 19.8 Å². The average Bonchev–Trinajstić information content (AvgIpc) is 3.01. The summed E-state index contributed by atoms with van der Waals surface area (Å²) in [6, 6.07) is 29.2. The summed E-state index contributed by atoms with van der Waals surface area (Å²) >= 11 is 6.23. The van der Waals surface area contributed by atoms with Gasteiger partial charge in [0, 0.05) is 24.5 Å². The minimum absolute atomic E-state index is 0.0490. The average molecular weight is 646 g/mol. The van der Waals surface area contributed by atoms with Crippen molar-refractivity contribution in [3.8, 4) is 0 Å². The second-order valence-corrected chi connectivity index (χ2v) is 13.9. The summed E-state index contributed by atoms with van der Waals surface area (Å²) in [5.74, 6) is -0.605. The van der Waals surface area contributed by atoms with Gasteiger partial charge in [-0.1, -0.05) is 104 Å². The van der Waals surface area contributed by atoms with Crippen LogP contribution in [0.25, 0.3) is 0 Å². The zero-order valence-corrected chi connectivity index (χ0v) is 27.7. The molecule has 0 radical (unpaired) electrons. The molecular weight excluding hydrogens is 606 g/mol. The molecule has 0 fully saturated rings. The maximum absolute atomic E-state index is 14.6. The summed E-state index contributed by atoms with van der Waals surface area (Å²) in [5, 5.41) is 3.46. The lowest BCUT2D eigenvalue weighted by Crippen LogP contribution is -2.53. The summed E-state index contributed by atoms with van der Waals surface area (Å²) < 4.78 is 29.4. The number of halogens is 1. The van der Waals surface area contributed by atoms with Crippen LogP contribution in [0.1, 0.15) is 36.1 Å². The molecule has 1 atom stereocenters. The zero-order valence-electron chi connectivity index (χ0n) is 26.1. The number of hydrogen-bond acceptors (Lipinski definition) is 4. The van der Waals surface area contributed by atoms with E-state index in [0.717, 1.165) is 21.0 Å². The minimum Gasteiger partial charge on any atom is -0.354 e. The number of rotatable bonds is 13. The molecule has 1 N–H and O–H groups in total. The van der Waals surface area contributed by atoms with Gasteiger partial charge in [-0.15, -0.1) is 0 Å². The van der Waals surface area contributed by atoms with Crippen LogP contribution in [0.4, 0.5) is 5.69 Å². The van der Waals surface area contributed by atoms with Gasteiger partial charge in [-0.25, -0.2) is 8.42 Å². The first kappa shape index (κ1) is 33.7. The molecular formula is C36H40ClN3O4S. The predicted molar refractivity (Wildman–Crippen MR) is 181 cm³/mol. The molecule has 0 bridgehead atoms. The molecule has 0 aliphatic heterocycles. The van der Waals surface area contributed by atoms with Crippen LogP contribution in [0.5, 0.6) is 0 Å². The molecule has 0 saturated carbocycles. The number of carbonyl (C=O) groups excluding carboxylic acids is 2. The zero-order chi connectivity index (χ0) is 32.6. The SMILES string of the molecule is Cc1cccc(CN(C(=O)CN(c2ccc(Cl)cc2C)S(=O)(=O)c2ccccc2)C(Cc2ccccc2)C(=O)NCC(C)C)c1. The van der Waals surface area contributed by atoms with Crippen molar-refractivity contribution in [2.45, 2.75) is 51.6 Å². The smallest absolute Gasteiger partial charge is 0.264 e. The van der Waals surface area contributed by atoms with Gasteiger partial charge in [0.2, 0.25) is 11.8 Å². The van der Waals surface area contributed by atoms with Crippen LogP contribution < -0.4 is 9.62 Å². The van der Waals surface area contributed by atoms with E-state index < -0.39 is 28.5 Å². The topological polar surface area (TPSA) is 86.8 Å². The molecule has 4 aromatic carbocycles. The third-order valence-corrected chi connectivity index (χ3v) is 9.44. The minimum atomic E-state index is -4.18. The van der Waals surface area contributed by atoms with E-state index in [-0.39, 0.29) is 29.7 Å². The van der Waals surface area contributed by atoms with Crippen LogP contribution in [0.3, 0.4) is 0 Å². The van der Waals surface area contributed by atoms with Gasteiger partial charge in [0.15, 0.2) is 0 Å². The van der Waals surface area contributed by atoms with E-state index >= 15 is 0 Å². The number of nitrogens with zero attached hydrogens (tertiary/aromatic N) is 2. The fraction of sp³-hybridized carbons (Fsp3) is 0.278. The maximum Gasteiger partial charge on any atom is 0.264 e. The Morgan fingerprint density at radius 2 is 1.47 bits per heavy atom. The first-order chi connectivity index (χ1) is 21.5. The Morgan fingerprint density at radius 3 is 2.09 bits per heavy atom. The lowest BCUT2D eigenvalue weighted by atomic mass is 10.0. The van der Waals surface area contributed by atoms with Crippen LogP contribution in [0.15, 0.2) is 108 Å². The van der Waals surface area contributed by atoms with Crippen molar-refractivity contribution in [3.63, 3.8) is 0 Å². The van der Waals surface area contributed by atoms with Gasteiger partial charge in [0.1, 0.15) is 12.6 Å². The third-order valence-electron chi connectivity index (χ3n) is 7.43. The second-order valence-electron chi connectivity index (χ2n) is 11.6. The third kappa shape index (κ3) is 8.96. The number of sulfonamides is 1. The summed E-state index contributed by atoms with van der Waals surface area (Å²) in [4.78, 5) is 30.0.